The lowest BCUT2D eigenvalue weighted by Crippen LogP contribution is -2.40. The molecule has 9 heteroatoms. The van der Waals surface area contributed by atoms with E-state index in [-0.39, 0.29) is 17.8 Å². The van der Waals surface area contributed by atoms with Crippen LogP contribution in [0.3, 0.4) is 0 Å². The molecule has 0 bridgehead atoms. The van der Waals surface area contributed by atoms with E-state index < -0.39 is 5.82 Å². The van der Waals surface area contributed by atoms with E-state index in [2.05, 4.69) is 20.5 Å². The van der Waals surface area contributed by atoms with Crippen LogP contribution in [0.15, 0.2) is 65.3 Å². The van der Waals surface area contributed by atoms with Gasteiger partial charge in [-0.25, -0.2) is 9.07 Å². The van der Waals surface area contributed by atoms with E-state index in [0.29, 0.717) is 30.2 Å². The third-order valence-electron chi connectivity index (χ3n) is 5.32. The summed E-state index contributed by atoms with van der Waals surface area (Å²) < 4.78 is 20.6. The minimum absolute atomic E-state index is 0.0379. The zero-order chi connectivity index (χ0) is 21.2. The number of aromatic nitrogens is 5. The van der Waals surface area contributed by atoms with Crippen molar-refractivity contribution in [1.82, 2.24) is 30.0 Å². The van der Waals surface area contributed by atoms with Crippen molar-refractivity contribution in [2.24, 2.45) is 0 Å². The first-order valence-electron chi connectivity index (χ1n) is 10.0. The van der Waals surface area contributed by atoms with Gasteiger partial charge in [0.25, 0.3) is 11.8 Å². The Bertz CT molecular complexity index is 1210. The van der Waals surface area contributed by atoms with E-state index in [9.17, 15) is 9.18 Å². The van der Waals surface area contributed by atoms with Crippen LogP contribution in [0.25, 0.3) is 23.0 Å². The van der Waals surface area contributed by atoms with Gasteiger partial charge in [-0.05, 0) is 31.0 Å². The van der Waals surface area contributed by atoms with E-state index in [0.717, 1.165) is 18.4 Å². The molecule has 1 aliphatic rings. The molecule has 1 aliphatic heterocycles. The summed E-state index contributed by atoms with van der Waals surface area (Å²) >= 11 is 0. The number of piperidine rings is 1. The molecule has 1 saturated heterocycles. The maximum absolute atomic E-state index is 13.5. The van der Waals surface area contributed by atoms with Crippen LogP contribution in [-0.2, 0) is 0 Å². The fraction of sp³-hybridized carbons (Fsp3) is 0.227. The molecule has 156 valence electrons. The zero-order valence-electron chi connectivity index (χ0n) is 16.6. The van der Waals surface area contributed by atoms with Crippen molar-refractivity contribution in [2.45, 2.75) is 18.9 Å². The van der Waals surface area contributed by atoms with Crippen LogP contribution in [0.5, 0.6) is 0 Å². The lowest BCUT2D eigenvalue weighted by Gasteiger charge is -2.32. The molecule has 31 heavy (non-hydrogen) atoms. The van der Waals surface area contributed by atoms with Crippen molar-refractivity contribution in [3.63, 3.8) is 0 Å². The Hall–Kier alpha value is -3.88. The summed E-state index contributed by atoms with van der Waals surface area (Å²) in [4.78, 5) is 18.9. The summed E-state index contributed by atoms with van der Waals surface area (Å²) in [5, 5.41) is 12.4. The van der Waals surface area contributed by atoms with Gasteiger partial charge >= 0.3 is 0 Å². The molecule has 0 radical (unpaired) electrons. The Morgan fingerprint density at radius 1 is 1.13 bits per heavy atom. The number of nitrogens with zero attached hydrogens (tertiary/aromatic N) is 6. The van der Waals surface area contributed by atoms with Crippen LogP contribution in [0, 0.1) is 5.82 Å². The van der Waals surface area contributed by atoms with Gasteiger partial charge in [-0.1, -0.05) is 46.8 Å². The lowest BCUT2D eigenvalue weighted by molar-refractivity contribution is 0.0671. The Kier molecular flexibility index (Phi) is 4.99. The molecule has 0 aliphatic carbocycles. The molecule has 1 unspecified atom stereocenters. The predicted molar refractivity (Wildman–Crippen MR) is 109 cm³/mol. The number of benzene rings is 2. The average Bonchev–Trinajstić information content (AvgIpc) is 3.49. The highest BCUT2D eigenvalue weighted by molar-refractivity contribution is 5.94. The fourth-order valence-corrected chi connectivity index (χ4v) is 3.74. The third-order valence-corrected chi connectivity index (χ3v) is 5.32. The molecule has 3 heterocycles. The van der Waals surface area contributed by atoms with Crippen LogP contribution in [0.2, 0.25) is 0 Å². The highest BCUT2D eigenvalue weighted by Gasteiger charge is 2.27. The molecule has 1 atom stereocenters. The van der Waals surface area contributed by atoms with Gasteiger partial charge in [0.1, 0.15) is 5.82 Å². The molecule has 0 spiro atoms. The number of hydrogen-bond acceptors (Lipinski definition) is 6. The maximum Gasteiger partial charge on any atom is 0.280 e. The summed E-state index contributed by atoms with van der Waals surface area (Å²) in [6.45, 7) is 1.09. The maximum atomic E-state index is 13.5. The van der Waals surface area contributed by atoms with Gasteiger partial charge in [0.15, 0.2) is 5.69 Å². The molecule has 4 aromatic rings. The van der Waals surface area contributed by atoms with Crippen LogP contribution in [0.1, 0.15) is 29.2 Å². The lowest BCUT2D eigenvalue weighted by atomic mass is 10.0. The van der Waals surface area contributed by atoms with Gasteiger partial charge in [0, 0.05) is 24.2 Å². The highest BCUT2D eigenvalue weighted by Crippen LogP contribution is 2.25. The number of amides is 1. The fourth-order valence-electron chi connectivity index (χ4n) is 3.74. The smallest absolute Gasteiger partial charge is 0.280 e. The average molecular weight is 418 g/mol. The van der Waals surface area contributed by atoms with Crippen LogP contribution < -0.4 is 0 Å². The van der Waals surface area contributed by atoms with Gasteiger partial charge in [-0.2, -0.15) is 4.98 Å². The van der Waals surface area contributed by atoms with Crippen molar-refractivity contribution in [3.05, 3.63) is 72.2 Å². The van der Waals surface area contributed by atoms with Gasteiger partial charge in [-0.15, -0.1) is 5.10 Å². The second kappa shape index (κ2) is 8.10. The van der Waals surface area contributed by atoms with Crippen LogP contribution in [-0.4, -0.2) is 49.0 Å². The van der Waals surface area contributed by atoms with E-state index in [1.807, 2.05) is 30.3 Å². The molecule has 0 N–H and O–H groups in total. The van der Waals surface area contributed by atoms with Gasteiger partial charge in [-0.3, -0.25) is 4.79 Å². The first kappa shape index (κ1) is 19.1. The number of rotatable bonds is 4. The van der Waals surface area contributed by atoms with E-state index in [4.69, 9.17) is 4.52 Å². The monoisotopic (exact) mass is 418 g/mol. The number of hydrogen-bond donors (Lipinski definition) is 0. The Morgan fingerprint density at radius 3 is 2.84 bits per heavy atom. The number of carbonyl (C=O) groups is 1. The van der Waals surface area contributed by atoms with Crippen molar-refractivity contribution in [3.8, 4) is 23.0 Å². The molecule has 2 aromatic heterocycles. The molecule has 1 amide bonds. The van der Waals surface area contributed by atoms with Crippen molar-refractivity contribution in [2.75, 3.05) is 13.1 Å². The Labute approximate surface area is 177 Å². The van der Waals surface area contributed by atoms with Crippen LogP contribution in [0.4, 0.5) is 4.39 Å². The summed E-state index contributed by atoms with van der Waals surface area (Å²) in [6.07, 6.45) is 3.43. The third kappa shape index (κ3) is 3.94. The standard InChI is InChI=1S/C22H19FN6O2/c23-17-9-4-8-16(12-17)22(30)28-11-5-10-18(13-28)29-14-19(25-27-29)21-24-20(26-31-21)15-6-2-1-3-7-15/h1-4,6-9,12,14,18H,5,10-11,13H2. The minimum Gasteiger partial charge on any atom is -0.336 e. The van der Waals surface area contributed by atoms with Crippen molar-refractivity contribution < 1.29 is 13.7 Å². The molecular formula is C22H19FN6O2. The van der Waals surface area contributed by atoms with Gasteiger partial charge < -0.3 is 9.42 Å². The second-order valence-corrected chi connectivity index (χ2v) is 7.43. The van der Waals surface area contributed by atoms with E-state index in [1.54, 1.807) is 27.9 Å². The molecule has 0 saturated carbocycles. The van der Waals surface area contributed by atoms with Crippen LogP contribution >= 0.6 is 0 Å². The first-order chi connectivity index (χ1) is 15.2. The molecule has 8 nitrogen and oxygen atoms in total. The second-order valence-electron chi connectivity index (χ2n) is 7.43. The van der Waals surface area contributed by atoms with Crippen molar-refractivity contribution in [1.29, 1.82) is 0 Å². The largest absolute Gasteiger partial charge is 0.336 e. The minimum atomic E-state index is -0.422. The topological polar surface area (TPSA) is 89.9 Å². The molecule has 2 aromatic carbocycles. The number of carbonyl (C=O) groups excluding carboxylic acids is 1. The number of halogens is 1. The molecule has 5 rings (SSSR count). The molecule has 1 fully saturated rings. The summed E-state index contributed by atoms with van der Waals surface area (Å²) in [7, 11) is 0. The van der Waals surface area contributed by atoms with Crippen molar-refractivity contribution >= 4 is 5.91 Å². The van der Waals surface area contributed by atoms with Gasteiger partial charge in [0.05, 0.1) is 12.2 Å². The normalized spacial score (nSPS) is 16.4. The van der Waals surface area contributed by atoms with E-state index >= 15 is 0 Å². The van der Waals surface area contributed by atoms with Gasteiger partial charge in [0.2, 0.25) is 5.82 Å². The molecular weight excluding hydrogens is 399 g/mol. The summed E-state index contributed by atoms with van der Waals surface area (Å²) in [5.74, 6) is 0.159. The Morgan fingerprint density at radius 2 is 2.00 bits per heavy atom. The first-order valence-corrected chi connectivity index (χ1v) is 10.0. The SMILES string of the molecule is O=C(c1cccc(F)c1)N1CCCC(n2cc(-c3nc(-c4ccccc4)no3)nn2)C1. The highest BCUT2D eigenvalue weighted by atomic mass is 19.1. The summed E-state index contributed by atoms with van der Waals surface area (Å²) in [6, 6.07) is 15.3. The Balaban J connectivity index is 1.32. The zero-order valence-corrected chi connectivity index (χ0v) is 16.6. The van der Waals surface area contributed by atoms with E-state index in [1.165, 1.54) is 12.1 Å². The quantitative estimate of drug-likeness (QED) is 0.503. The summed E-state index contributed by atoms with van der Waals surface area (Å²) in [5.41, 5.74) is 1.67. The number of likely N-dealkylation sites (tertiary alicyclic amines) is 1. The predicted octanol–water partition coefficient (Wildman–Crippen LogP) is 3.61.